The van der Waals surface area contributed by atoms with Gasteiger partial charge in [0.25, 0.3) is 0 Å². The molecule has 1 unspecified atom stereocenters. The van der Waals surface area contributed by atoms with Gasteiger partial charge in [-0.05, 0) is 64.6 Å². The Kier molecular flexibility index (Phi) is 5.46. The molecule has 3 rings (SSSR count). The molecule has 0 spiro atoms. The van der Waals surface area contributed by atoms with Gasteiger partial charge in [-0.25, -0.2) is 4.79 Å². The van der Waals surface area contributed by atoms with Crippen LogP contribution in [0.1, 0.15) is 73.5 Å². The fourth-order valence-corrected chi connectivity index (χ4v) is 4.14. The molecule has 0 saturated heterocycles. The van der Waals surface area contributed by atoms with Crippen LogP contribution in [0, 0.1) is 0 Å². The fraction of sp³-hybridized carbons (Fsp3) is 0.375. The van der Waals surface area contributed by atoms with Crippen LogP contribution in [-0.4, -0.2) is 22.9 Å². The molecule has 2 aromatic rings. The second-order valence-corrected chi connectivity index (χ2v) is 9.28. The number of carbonyl (C=O) groups excluding carboxylic acids is 2. The molecule has 0 aromatic heterocycles. The summed E-state index contributed by atoms with van der Waals surface area (Å²) in [5.74, 6) is -3.47. The van der Waals surface area contributed by atoms with Crippen molar-refractivity contribution in [1.82, 2.24) is 0 Å². The summed E-state index contributed by atoms with van der Waals surface area (Å²) < 4.78 is 0. The van der Waals surface area contributed by atoms with Gasteiger partial charge in [0.1, 0.15) is 5.92 Å². The first-order chi connectivity index (χ1) is 13.9. The minimum absolute atomic E-state index is 0.0275. The highest BCUT2D eigenvalue weighted by atomic mass is 16.4. The molecule has 1 atom stereocenters. The number of nitrogens with one attached hydrogen (secondary N) is 1. The Morgan fingerprint density at radius 3 is 2.03 bits per heavy atom. The van der Waals surface area contributed by atoms with Gasteiger partial charge in [-0.2, -0.15) is 0 Å². The Balaban J connectivity index is 1.94. The van der Waals surface area contributed by atoms with E-state index in [1.807, 2.05) is 18.2 Å². The van der Waals surface area contributed by atoms with Gasteiger partial charge >= 0.3 is 5.97 Å². The van der Waals surface area contributed by atoms with Crippen molar-refractivity contribution in [2.75, 3.05) is 5.32 Å². The normalized spacial score (nSPS) is 17.5. The van der Waals surface area contributed by atoms with Crippen LogP contribution in [0.5, 0.6) is 0 Å². The quantitative estimate of drug-likeness (QED) is 0.651. The van der Waals surface area contributed by atoms with Crippen molar-refractivity contribution in [3.8, 4) is 0 Å². The number of carbonyl (C=O) groups is 3. The fourth-order valence-electron chi connectivity index (χ4n) is 4.14. The van der Waals surface area contributed by atoms with Gasteiger partial charge in [0, 0.05) is 5.69 Å². The lowest BCUT2D eigenvalue weighted by Gasteiger charge is -2.42. The summed E-state index contributed by atoms with van der Waals surface area (Å²) in [4.78, 5) is 36.1. The summed E-state index contributed by atoms with van der Waals surface area (Å²) in [7, 11) is 0. The van der Waals surface area contributed by atoms with E-state index in [1.165, 1.54) is 29.8 Å². The standard InChI is InChI=1S/C24H28N2O4/c1-23(2)11-12-24(3,4)18-13-15(7-10-17(18)23)19(20(25)27)21(28)26-16-8-5-14(6-9-16)22(29)30/h5-10,13,19H,11-12H2,1-4H3,(H2,25,27)(H,26,28)(H,29,30). The summed E-state index contributed by atoms with van der Waals surface area (Å²) in [5.41, 5.74) is 9.01. The maximum absolute atomic E-state index is 12.9. The number of aromatic carboxylic acids is 1. The average Bonchev–Trinajstić information content (AvgIpc) is 2.66. The summed E-state index contributed by atoms with van der Waals surface area (Å²) in [5, 5.41) is 11.7. The number of primary amides is 1. The van der Waals surface area contributed by atoms with Crippen molar-refractivity contribution in [2.24, 2.45) is 5.73 Å². The highest BCUT2D eigenvalue weighted by molar-refractivity contribution is 6.10. The number of carboxylic acid groups (broad SMARTS) is 1. The highest BCUT2D eigenvalue weighted by Gasteiger charge is 2.38. The molecule has 1 aliphatic carbocycles. The van der Waals surface area contributed by atoms with Crippen LogP contribution in [0.4, 0.5) is 5.69 Å². The summed E-state index contributed by atoms with van der Waals surface area (Å²) >= 11 is 0. The van der Waals surface area contributed by atoms with Gasteiger partial charge < -0.3 is 16.2 Å². The van der Waals surface area contributed by atoms with Crippen LogP contribution < -0.4 is 11.1 Å². The molecule has 0 aliphatic heterocycles. The lowest BCUT2D eigenvalue weighted by molar-refractivity contribution is -0.127. The smallest absolute Gasteiger partial charge is 0.335 e. The number of nitrogens with two attached hydrogens (primary N) is 1. The van der Waals surface area contributed by atoms with E-state index in [2.05, 4.69) is 33.0 Å². The van der Waals surface area contributed by atoms with Crippen molar-refractivity contribution in [3.63, 3.8) is 0 Å². The highest BCUT2D eigenvalue weighted by Crippen LogP contribution is 2.46. The SMILES string of the molecule is CC1(C)CCC(C)(C)c2cc(C(C(N)=O)C(=O)Nc3ccc(C(=O)O)cc3)ccc21. The molecule has 2 amide bonds. The van der Waals surface area contributed by atoms with E-state index in [0.717, 1.165) is 18.4 Å². The summed E-state index contributed by atoms with van der Waals surface area (Å²) in [6.07, 6.45) is 2.08. The zero-order valence-corrected chi connectivity index (χ0v) is 17.8. The number of carboxylic acids is 1. The monoisotopic (exact) mass is 408 g/mol. The predicted octanol–water partition coefficient (Wildman–Crippen LogP) is 3.94. The molecule has 30 heavy (non-hydrogen) atoms. The maximum Gasteiger partial charge on any atom is 0.335 e. The molecule has 1 aliphatic rings. The van der Waals surface area contributed by atoms with Gasteiger partial charge in [0.15, 0.2) is 0 Å². The maximum atomic E-state index is 12.9. The molecule has 0 fully saturated rings. The molecule has 158 valence electrons. The van der Waals surface area contributed by atoms with Crippen molar-refractivity contribution < 1.29 is 19.5 Å². The molecular weight excluding hydrogens is 380 g/mol. The van der Waals surface area contributed by atoms with E-state index < -0.39 is 23.7 Å². The van der Waals surface area contributed by atoms with E-state index in [0.29, 0.717) is 11.3 Å². The topological polar surface area (TPSA) is 109 Å². The van der Waals surface area contributed by atoms with Crippen LogP contribution in [-0.2, 0) is 20.4 Å². The van der Waals surface area contributed by atoms with E-state index in [9.17, 15) is 14.4 Å². The molecule has 0 heterocycles. The summed E-state index contributed by atoms with van der Waals surface area (Å²) in [6, 6.07) is 11.5. The first kappa shape index (κ1) is 21.6. The second kappa shape index (κ2) is 7.59. The number of anilines is 1. The molecule has 0 bridgehead atoms. The van der Waals surface area contributed by atoms with Crippen LogP contribution in [0.25, 0.3) is 0 Å². The Hall–Kier alpha value is -3.15. The third-order valence-corrected chi connectivity index (χ3v) is 6.16. The summed E-state index contributed by atoms with van der Waals surface area (Å²) in [6.45, 7) is 8.77. The van der Waals surface area contributed by atoms with E-state index >= 15 is 0 Å². The van der Waals surface area contributed by atoms with E-state index in [4.69, 9.17) is 10.8 Å². The van der Waals surface area contributed by atoms with Gasteiger partial charge in [0.05, 0.1) is 5.56 Å². The molecule has 0 radical (unpaired) electrons. The average molecular weight is 408 g/mol. The molecule has 4 N–H and O–H groups in total. The number of hydrogen-bond acceptors (Lipinski definition) is 3. The lowest BCUT2D eigenvalue weighted by Crippen LogP contribution is -2.36. The zero-order chi connectivity index (χ0) is 22.3. The number of benzene rings is 2. The molecular formula is C24H28N2O4. The van der Waals surface area contributed by atoms with Gasteiger partial charge in [-0.1, -0.05) is 45.9 Å². The van der Waals surface area contributed by atoms with E-state index in [-0.39, 0.29) is 16.4 Å². The minimum Gasteiger partial charge on any atom is -0.478 e. The molecule has 0 saturated carbocycles. The van der Waals surface area contributed by atoms with Gasteiger partial charge in [-0.15, -0.1) is 0 Å². The predicted molar refractivity (Wildman–Crippen MR) is 116 cm³/mol. The molecule has 6 heteroatoms. The third-order valence-electron chi connectivity index (χ3n) is 6.16. The first-order valence-corrected chi connectivity index (χ1v) is 10.0. The Morgan fingerprint density at radius 2 is 1.50 bits per heavy atom. The van der Waals surface area contributed by atoms with Crippen molar-refractivity contribution >= 4 is 23.5 Å². The zero-order valence-electron chi connectivity index (χ0n) is 17.8. The van der Waals surface area contributed by atoms with Gasteiger partial charge in [-0.3, -0.25) is 9.59 Å². The molecule has 2 aromatic carbocycles. The number of hydrogen-bond donors (Lipinski definition) is 3. The molecule has 6 nitrogen and oxygen atoms in total. The number of fused-ring (bicyclic) bond motifs is 1. The van der Waals surface area contributed by atoms with Crippen molar-refractivity contribution in [3.05, 3.63) is 64.7 Å². The van der Waals surface area contributed by atoms with Crippen molar-refractivity contribution in [2.45, 2.75) is 57.3 Å². The van der Waals surface area contributed by atoms with E-state index in [1.54, 1.807) is 0 Å². The van der Waals surface area contributed by atoms with Gasteiger partial charge in [0.2, 0.25) is 11.8 Å². The first-order valence-electron chi connectivity index (χ1n) is 10.0. The Bertz CT molecular complexity index is 1010. The van der Waals surface area contributed by atoms with Crippen LogP contribution in [0.15, 0.2) is 42.5 Å². The lowest BCUT2D eigenvalue weighted by atomic mass is 9.62. The Labute approximate surface area is 176 Å². The van der Waals surface area contributed by atoms with Crippen molar-refractivity contribution in [1.29, 1.82) is 0 Å². The van der Waals surface area contributed by atoms with Crippen LogP contribution in [0.3, 0.4) is 0 Å². The third kappa shape index (κ3) is 4.08. The Morgan fingerprint density at radius 1 is 0.933 bits per heavy atom. The number of amides is 2. The van der Waals surface area contributed by atoms with Crippen LogP contribution in [0.2, 0.25) is 0 Å². The minimum atomic E-state index is -1.14. The second-order valence-electron chi connectivity index (χ2n) is 9.28. The number of rotatable bonds is 5. The van der Waals surface area contributed by atoms with Crippen LogP contribution >= 0.6 is 0 Å². The largest absolute Gasteiger partial charge is 0.478 e.